The molecule has 0 fully saturated rings. The number of hydrogen-bond donors (Lipinski definition) is 1. The number of primary amides is 1. The van der Waals surface area contributed by atoms with Crippen molar-refractivity contribution in [3.63, 3.8) is 0 Å². The highest BCUT2D eigenvalue weighted by Crippen LogP contribution is 2.35. The van der Waals surface area contributed by atoms with Crippen LogP contribution in [0.2, 0.25) is 5.02 Å². The van der Waals surface area contributed by atoms with Gasteiger partial charge in [0.15, 0.2) is 6.79 Å². The van der Waals surface area contributed by atoms with Crippen molar-refractivity contribution in [1.29, 1.82) is 0 Å². The van der Waals surface area contributed by atoms with E-state index in [1.165, 1.54) is 6.33 Å². The third-order valence-electron chi connectivity index (χ3n) is 3.59. The van der Waals surface area contributed by atoms with Gasteiger partial charge in [0.05, 0.1) is 5.69 Å². The van der Waals surface area contributed by atoms with Crippen molar-refractivity contribution in [3.05, 3.63) is 65.4 Å². The van der Waals surface area contributed by atoms with E-state index < -0.39 is 5.91 Å². The zero-order valence-corrected chi connectivity index (χ0v) is 15.1. The van der Waals surface area contributed by atoms with Crippen LogP contribution >= 0.6 is 11.6 Å². The first kappa shape index (κ1) is 18.6. The van der Waals surface area contributed by atoms with Crippen molar-refractivity contribution in [2.24, 2.45) is 5.73 Å². The van der Waals surface area contributed by atoms with Crippen LogP contribution in [-0.4, -0.2) is 29.8 Å². The summed E-state index contributed by atoms with van der Waals surface area (Å²) in [6, 6.07) is 13.7. The molecule has 2 aromatic carbocycles. The lowest BCUT2D eigenvalue weighted by Gasteiger charge is -2.11. The summed E-state index contributed by atoms with van der Waals surface area (Å²) in [6.45, 7) is 0.153. The molecule has 0 saturated carbocycles. The van der Waals surface area contributed by atoms with Crippen molar-refractivity contribution >= 4 is 17.5 Å². The van der Waals surface area contributed by atoms with Crippen LogP contribution in [0, 0.1) is 0 Å². The Labute approximate surface area is 160 Å². The second-order valence-corrected chi connectivity index (χ2v) is 5.75. The fourth-order valence-corrected chi connectivity index (χ4v) is 2.60. The Hall–Kier alpha value is -3.16. The average Bonchev–Trinajstić information content (AvgIpc) is 2.69. The maximum Gasteiger partial charge on any atom is 0.249 e. The summed E-state index contributed by atoms with van der Waals surface area (Å²) in [7, 11) is 1.54. The van der Waals surface area contributed by atoms with Crippen molar-refractivity contribution in [2.75, 3.05) is 13.9 Å². The average molecular weight is 386 g/mol. The minimum Gasteiger partial charge on any atom is -0.468 e. The van der Waals surface area contributed by atoms with Crippen LogP contribution in [-0.2, 0) is 4.74 Å². The Morgan fingerprint density at radius 3 is 2.48 bits per heavy atom. The van der Waals surface area contributed by atoms with Crippen LogP contribution in [0.5, 0.6) is 17.4 Å². The van der Waals surface area contributed by atoms with E-state index >= 15 is 0 Å². The van der Waals surface area contributed by atoms with E-state index in [9.17, 15) is 4.79 Å². The molecule has 0 aliphatic rings. The number of amides is 1. The molecule has 2 N–H and O–H groups in total. The van der Waals surface area contributed by atoms with Crippen LogP contribution in [0.4, 0.5) is 0 Å². The topological polar surface area (TPSA) is 96.6 Å². The monoisotopic (exact) mass is 385 g/mol. The van der Waals surface area contributed by atoms with Crippen LogP contribution in [0.15, 0.2) is 54.9 Å². The number of halogens is 1. The molecule has 0 radical (unpaired) electrons. The molecule has 3 aromatic rings. The summed E-state index contributed by atoms with van der Waals surface area (Å²) in [5.41, 5.74) is 6.61. The fraction of sp³-hybridized carbons (Fsp3) is 0.105. The summed E-state index contributed by atoms with van der Waals surface area (Å²) in [6.07, 6.45) is 1.31. The maximum absolute atomic E-state index is 11.7. The van der Waals surface area contributed by atoms with Gasteiger partial charge in [-0.05, 0) is 30.3 Å². The Kier molecular flexibility index (Phi) is 5.85. The lowest BCUT2D eigenvalue weighted by molar-refractivity contribution is 0.0511. The Morgan fingerprint density at radius 2 is 1.78 bits per heavy atom. The van der Waals surface area contributed by atoms with E-state index in [0.29, 0.717) is 28.3 Å². The second-order valence-electron chi connectivity index (χ2n) is 5.38. The number of aromatic nitrogens is 2. The predicted molar refractivity (Wildman–Crippen MR) is 100 cm³/mol. The molecule has 1 amide bonds. The minimum absolute atomic E-state index is 0.153. The maximum atomic E-state index is 11.7. The van der Waals surface area contributed by atoms with Gasteiger partial charge in [0, 0.05) is 18.2 Å². The number of carbonyl (C=O) groups is 1. The first-order chi connectivity index (χ1) is 13.1. The highest BCUT2D eigenvalue weighted by Gasteiger charge is 2.17. The number of ether oxygens (including phenoxy) is 3. The molecule has 8 heteroatoms. The summed E-state index contributed by atoms with van der Waals surface area (Å²) >= 11 is 6.43. The molecule has 0 saturated heterocycles. The van der Waals surface area contributed by atoms with E-state index in [0.717, 1.165) is 0 Å². The molecule has 0 unspecified atom stereocenters. The Balaban J connectivity index is 1.89. The first-order valence-corrected chi connectivity index (χ1v) is 8.27. The van der Waals surface area contributed by atoms with Crippen LogP contribution < -0.4 is 15.2 Å². The third-order valence-corrected chi connectivity index (χ3v) is 3.93. The highest BCUT2D eigenvalue weighted by molar-refractivity contribution is 6.34. The molecule has 7 nitrogen and oxygen atoms in total. The molecule has 3 rings (SSSR count). The van der Waals surface area contributed by atoms with Gasteiger partial charge in [-0.1, -0.05) is 29.8 Å². The Morgan fingerprint density at radius 1 is 1.07 bits per heavy atom. The smallest absolute Gasteiger partial charge is 0.249 e. The quantitative estimate of drug-likeness (QED) is 0.623. The number of carbonyl (C=O) groups excluding carboxylic acids is 1. The van der Waals surface area contributed by atoms with Gasteiger partial charge in [0.25, 0.3) is 0 Å². The zero-order valence-electron chi connectivity index (χ0n) is 14.4. The molecule has 1 heterocycles. The van der Waals surface area contributed by atoms with Gasteiger partial charge in [-0.25, -0.2) is 9.97 Å². The molecule has 0 aliphatic heterocycles. The standard InChI is InChI=1S/C19H16ClN3O4/c1-25-11-26-12-6-8-13(9-7-12)27-19-16(20)17(22-10-23-19)14-4-2-3-5-15(14)18(21)24/h2-10H,11H2,1H3,(H2,21,24). The molecule has 0 aliphatic carbocycles. The second kappa shape index (κ2) is 8.48. The molecule has 0 bridgehead atoms. The van der Waals surface area contributed by atoms with Gasteiger partial charge < -0.3 is 19.9 Å². The van der Waals surface area contributed by atoms with Crippen LogP contribution in [0.1, 0.15) is 10.4 Å². The van der Waals surface area contributed by atoms with E-state index in [1.807, 2.05) is 0 Å². The molecular weight excluding hydrogens is 370 g/mol. The van der Waals surface area contributed by atoms with Gasteiger partial charge >= 0.3 is 0 Å². The van der Waals surface area contributed by atoms with Gasteiger partial charge in [-0.2, -0.15) is 0 Å². The molecule has 138 valence electrons. The van der Waals surface area contributed by atoms with E-state index in [4.69, 9.17) is 31.5 Å². The number of benzene rings is 2. The van der Waals surface area contributed by atoms with Crippen LogP contribution in [0.3, 0.4) is 0 Å². The summed E-state index contributed by atoms with van der Waals surface area (Å²) < 4.78 is 15.9. The summed E-state index contributed by atoms with van der Waals surface area (Å²) in [5, 5.41) is 0.172. The van der Waals surface area contributed by atoms with Crippen LogP contribution in [0.25, 0.3) is 11.3 Å². The molecular formula is C19H16ClN3O4. The number of hydrogen-bond acceptors (Lipinski definition) is 6. The lowest BCUT2D eigenvalue weighted by Crippen LogP contribution is -2.12. The molecule has 0 atom stereocenters. The fourth-order valence-electron chi connectivity index (χ4n) is 2.36. The van der Waals surface area contributed by atoms with Gasteiger partial charge in [-0.3, -0.25) is 4.79 Å². The number of methoxy groups -OCH3 is 1. The minimum atomic E-state index is -0.575. The molecule has 1 aromatic heterocycles. The molecule has 27 heavy (non-hydrogen) atoms. The molecule has 0 spiro atoms. The van der Waals surface area contributed by atoms with Crippen molar-refractivity contribution in [2.45, 2.75) is 0 Å². The van der Waals surface area contributed by atoms with Crippen molar-refractivity contribution < 1.29 is 19.0 Å². The summed E-state index contributed by atoms with van der Waals surface area (Å²) in [5.74, 6) is 0.726. The van der Waals surface area contributed by atoms with Gasteiger partial charge in [0.1, 0.15) is 22.8 Å². The van der Waals surface area contributed by atoms with E-state index in [1.54, 1.807) is 55.6 Å². The SMILES string of the molecule is COCOc1ccc(Oc2ncnc(-c3ccccc3C(N)=O)c2Cl)cc1. The predicted octanol–water partition coefficient (Wildman–Crippen LogP) is 3.67. The summed E-state index contributed by atoms with van der Waals surface area (Å²) in [4.78, 5) is 19.9. The third kappa shape index (κ3) is 4.33. The number of nitrogens with zero attached hydrogens (tertiary/aromatic N) is 2. The normalized spacial score (nSPS) is 10.4. The Bertz CT molecular complexity index is 948. The lowest BCUT2D eigenvalue weighted by atomic mass is 10.0. The van der Waals surface area contributed by atoms with Crippen molar-refractivity contribution in [1.82, 2.24) is 9.97 Å². The number of rotatable bonds is 7. The number of nitrogens with two attached hydrogens (primary N) is 1. The first-order valence-electron chi connectivity index (χ1n) is 7.89. The zero-order chi connectivity index (χ0) is 19.2. The van der Waals surface area contributed by atoms with Crippen molar-refractivity contribution in [3.8, 4) is 28.6 Å². The van der Waals surface area contributed by atoms with Gasteiger partial charge in [-0.15, -0.1) is 0 Å². The van der Waals surface area contributed by atoms with E-state index in [-0.39, 0.29) is 17.7 Å². The largest absolute Gasteiger partial charge is 0.468 e. The highest BCUT2D eigenvalue weighted by atomic mass is 35.5. The van der Waals surface area contributed by atoms with E-state index in [2.05, 4.69) is 9.97 Å². The van der Waals surface area contributed by atoms with Gasteiger partial charge in [0.2, 0.25) is 11.8 Å².